The summed E-state index contributed by atoms with van der Waals surface area (Å²) >= 11 is 0. The summed E-state index contributed by atoms with van der Waals surface area (Å²) in [7, 11) is 1.69. The molecule has 0 spiro atoms. The number of hydrogen-bond acceptors (Lipinski definition) is 3. The molecule has 0 aromatic carbocycles. The average Bonchev–Trinajstić information content (AvgIpc) is 2.64. The van der Waals surface area contributed by atoms with E-state index < -0.39 is 5.60 Å². The maximum absolute atomic E-state index is 11.0. The summed E-state index contributed by atoms with van der Waals surface area (Å²) in [5, 5.41) is 11.0. The van der Waals surface area contributed by atoms with E-state index in [-0.39, 0.29) is 0 Å². The van der Waals surface area contributed by atoms with Crippen LogP contribution in [0.1, 0.15) is 117 Å². The van der Waals surface area contributed by atoms with Gasteiger partial charge in [-0.1, -0.05) is 104 Å². The van der Waals surface area contributed by atoms with E-state index in [0.717, 1.165) is 25.7 Å². The van der Waals surface area contributed by atoms with Gasteiger partial charge in [0, 0.05) is 7.11 Å². The molecule has 158 valence electrons. The molecule has 26 heavy (non-hydrogen) atoms. The molecule has 0 amide bonds. The third-order valence-electron chi connectivity index (χ3n) is 5.29. The molecule has 3 nitrogen and oxygen atoms in total. The van der Waals surface area contributed by atoms with E-state index in [1.165, 1.54) is 77.0 Å². The van der Waals surface area contributed by atoms with Crippen molar-refractivity contribution < 1.29 is 14.6 Å². The van der Waals surface area contributed by atoms with Crippen molar-refractivity contribution in [1.82, 2.24) is 0 Å². The van der Waals surface area contributed by atoms with E-state index >= 15 is 0 Å². The van der Waals surface area contributed by atoms with Gasteiger partial charge >= 0.3 is 0 Å². The van der Waals surface area contributed by atoms with Crippen LogP contribution in [-0.2, 0) is 9.47 Å². The van der Waals surface area contributed by atoms with Crippen LogP contribution in [0.15, 0.2) is 0 Å². The van der Waals surface area contributed by atoms with Crippen LogP contribution in [0.2, 0.25) is 0 Å². The molecule has 0 bridgehead atoms. The van der Waals surface area contributed by atoms with Gasteiger partial charge in [0.25, 0.3) is 0 Å². The molecule has 1 N–H and O–H groups in total. The fraction of sp³-hybridized carbons (Fsp3) is 1.00. The number of aliphatic hydroxyl groups is 1. The van der Waals surface area contributed by atoms with Gasteiger partial charge in [-0.2, -0.15) is 0 Å². The van der Waals surface area contributed by atoms with Crippen LogP contribution in [-0.4, -0.2) is 37.6 Å². The lowest BCUT2D eigenvalue weighted by molar-refractivity contribution is -0.0672. The maximum atomic E-state index is 11.0. The Kier molecular flexibility index (Phi) is 19.5. The van der Waals surface area contributed by atoms with Gasteiger partial charge in [-0.25, -0.2) is 0 Å². The molecule has 0 aromatic heterocycles. The Morgan fingerprint density at radius 2 is 1.04 bits per heavy atom. The van der Waals surface area contributed by atoms with Crippen molar-refractivity contribution in [2.24, 2.45) is 0 Å². The van der Waals surface area contributed by atoms with Crippen molar-refractivity contribution in [2.45, 2.75) is 122 Å². The molecule has 1 atom stereocenters. The van der Waals surface area contributed by atoms with Gasteiger partial charge in [-0.15, -0.1) is 0 Å². The largest absolute Gasteiger partial charge is 0.387 e. The fourth-order valence-electron chi connectivity index (χ4n) is 3.50. The first-order chi connectivity index (χ1) is 12.7. The van der Waals surface area contributed by atoms with Gasteiger partial charge in [0.15, 0.2) is 0 Å². The van der Waals surface area contributed by atoms with Crippen LogP contribution in [0.4, 0.5) is 0 Å². The summed E-state index contributed by atoms with van der Waals surface area (Å²) in [6.45, 7) is 6.15. The van der Waals surface area contributed by atoms with E-state index in [0.29, 0.717) is 19.8 Å². The minimum atomic E-state index is -0.638. The summed E-state index contributed by atoms with van der Waals surface area (Å²) in [5.74, 6) is 0. The average molecular weight is 373 g/mol. The Labute approximate surface area is 164 Å². The normalized spacial score (nSPS) is 13.8. The standard InChI is InChI=1S/C23H48O3/c1-4-6-8-10-12-13-15-17-19-23(24,22-26-21-20-25-3)18-16-14-11-9-7-5-2/h24H,4-22H2,1-3H3. The molecule has 0 saturated heterocycles. The Hall–Kier alpha value is -0.120. The topological polar surface area (TPSA) is 38.7 Å². The minimum Gasteiger partial charge on any atom is -0.387 e. The van der Waals surface area contributed by atoms with Gasteiger partial charge < -0.3 is 14.6 Å². The van der Waals surface area contributed by atoms with Crippen molar-refractivity contribution in [3.8, 4) is 0 Å². The highest BCUT2D eigenvalue weighted by Crippen LogP contribution is 2.24. The lowest BCUT2D eigenvalue weighted by Crippen LogP contribution is -2.35. The fourth-order valence-corrected chi connectivity index (χ4v) is 3.50. The zero-order chi connectivity index (χ0) is 19.3. The molecule has 1 unspecified atom stereocenters. The smallest absolute Gasteiger partial charge is 0.0880 e. The molecule has 0 fully saturated rings. The van der Waals surface area contributed by atoms with E-state index in [1.54, 1.807) is 7.11 Å². The predicted octanol–water partition coefficient (Wildman–Crippen LogP) is 6.66. The van der Waals surface area contributed by atoms with Gasteiger partial charge in [0.2, 0.25) is 0 Å². The van der Waals surface area contributed by atoms with Crippen LogP contribution in [0.25, 0.3) is 0 Å². The Morgan fingerprint density at radius 3 is 1.46 bits per heavy atom. The molecule has 0 aliphatic rings. The molecule has 0 heterocycles. The zero-order valence-electron chi connectivity index (χ0n) is 18.2. The summed E-state index contributed by atoms with van der Waals surface area (Å²) in [5.41, 5.74) is -0.638. The van der Waals surface area contributed by atoms with E-state index in [2.05, 4.69) is 13.8 Å². The predicted molar refractivity (Wildman–Crippen MR) is 113 cm³/mol. The first kappa shape index (κ1) is 25.9. The third kappa shape index (κ3) is 17.3. The summed E-state index contributed by atoms with van der Waals surface area (Å²) in [6.07, 6.45) is 19.8. The zero-order valence-corrected chi connectivity index (χ0v) is 18.2. The van der Waals surface area contributed by atoms with Crippen molar-refractivity contribution in [1.29, 1.82) is 0 Å². The molecule has 0 saturated carbocycles. The first-order valence-corrected chi connectivity index (χ1v) is 11.5. The first-order valence-electron chi connectivity index (χ1n) is 11.5. The third-order valence-corrected chi connectivity index (χ3v) is 5.29. The van der Waals surface area contributed by atoms with Crippen molar-refractivity contribution in [2.75, 3.05) is 26.9 Å². The van der Waals surface area contributed by atoms with Gasteiger partial charge in [0.1, 0.15) is 0 Å². The second-order valence-corrected chi connectivity index (χ2v) is 8.01. The number of unbranched alkanes of at least 4 members (excludes halogenated alkanes) is 12. The molecule has 0 aromatic rings. The second kappa shape index (κ2) is 19.6. The Bertz CT molecular complexity index is 270. The Morgan fingerprint density at radius 1 is 0.615 bits per heavy atom. The molecular weight excluding hydrogens is 324 g/mol. The highest BCUT2D eigenvalue weighted by atomic mass is 16.5. The highest BCUT2D eigenvalue weighted by molar-refractivity contribution is 4.78. The lowest BCUT2D eigenvalue weighted by atomic mass is 9.90. The van der Waals surface area contributed by atoms with Crippen LogP contribution in [0, 0.1) is 0 Å². The number of hydrogen-bond donors (Lipinski definition) is 1. The van der Waals surface area contributed by atoms with Crippen LogP contribution < -0.4 is 0 Å². The van der Waals surface area contributed by atoms with Crippen molar-refractivity contribution in [3.63, 3.8) is 0 Å². The van der Waals surface area contributed by atoms with Gasteiger partial charge in [-0.05, 0) is 12.8 Å². The maximum Gasteiger partial charge on any atom is 0.0880 e. The number of rotatable bonds is 21. The van der Waals surface area contributed by atoms with Gasteiger partial charge in [-0.3, -0.25) is 0 Å². The summed E-state index contributed by atoms with van der Waals surface area (Å²) < 4.78 is 10.7. The second-order valence-electron chi connectivity index (χ2n) is 8.01. The summed E-state index contributed by atoms with van der Waals surface area (Å²) in [4.78, 5) is 0. The quantitative estimate of drug-likeness (QED) is 0.229. The van der Waals surface area contributed by atoms with Crippen LogP contribution in [0.3, 0.4) is 0 Å². The number of methoxy groups -OCH3 is 1. The minimum absolute atomic E-state index is 0.460. The van der Waals surface area contributed by atoms with Crippen molar-refractivity contribution >= 4 is 0 Å². The van der Waals surface area contributed by atoms with E-state index in [1.807, 2.05) is 0 Å². The SMILES string of the molecule is CCCCCCCCCCC(O)(CCCCCCCC)COCCOC. The molecule has 3 heteroatoms. The molecular formula is C23H48O3. The van der Waals surface area contributed by atoms with Gasteiger partial charge in [0.05, 0.1) is 25.4 Å². The van der Waals surface area contributed by atoms with Crippen molar-refractivity contribution in [3.05, 3.63) is 0 Å². The molecule has 0 aliphatic carbocycles. The molecule has 0 aliphatic heterocycles. The monoisotopic (exact) mass is 372 g/mol. The highest BCUT2D eigenvalue weighted by Gasteiger charge is 2.26. The molecule has 0 rings (SSSR count). The Balaban J connectivity index is 3.94. The van der Waals surface area contributed by atoms with E-state index in [9.17, 15) is 5.11 Å². The molecule has 0 radical (unpaired) electrons. The summed E-state index contributed by atoms with van der Waals surface area (Å²) in [6, 6.07) is 0. The number of ether oxygens (including phenoxy) is 2. The van der Waals surface area contributed by atoms with E-state index in [4.69, 9.17) is 9.47 Å². The van der Waals surface area contributed by atoms with Crippen LogP contribution in [0.5, 0.6) is 0 Å². The van der Waals surface area contributed by atoms with Crippen LogP contribution >= 0.6 is 0 Å². The lowest BCUT2D eigenvalue weighted by Gasteiger charge is -2.28.